The zero-order chi connectivity index (χ0) is 18.8. The molecule has 2 aromatic carbocycles. The maximum absolute atomic E-state index is 11.3. The second kappa shape index (κ2) is 7.26. The highest BCUT2D eigenvalue weighted by atomic mass is 32.2. The minimum Gasteiger partial charge on any atom is -0.359 e. The lowest BCUT2D eigenvalue weighted by molar-refractivity contribution is -0.387. The Labute approximate surface area is 158 Å². The van der Waals surface area contributed by atoms with Gasteiger partial charge in [-0.3, -0.25) is 10.1 Å². The zero-order valence-electron chi connectivity index (χ0n) is 14.2. The SMILES string of the molecule is NCc1ccc2c(Sc3ccccc3[N+](=O)[O-])cn(Cc3ccno3)c2c1. The first kappa shape index (κ1) is 17.3. The van der Waals surface area contributed by atoms with Gasteiger partial charge in [0.15, 0.2) is 5.76 Å². The third kappa shape index (κ3) is 3.44. The highest BCUT2D eigenvalue weighted by Gasteiger charge is 2.17. The molecular formula is C19H16N4O3S. The van der Waals surface area contributed by atoms with Crippen molar-refractivity contribution in [2.45, 2.75) is 22.9 Å². The first-order valence-electron chi connectivity index (χ1n) is 8.28. The van der Waals surface area contributed by atoms with Crippen LogP contribution in [0, 0.1) is 10.1 Å². The Hall–Kier alpha value is -3.10. The number of hydrogen-bond acceptors (Lipinski definition) is 6. The summed E-state index contributed by atoms with van der Waals surface area (Å²) in [6, 6.07) is 14.6. The van der Waals surface area contributed by atoms with E-state index >= 15 is 0 Å². The third-order valence-corrected chi connectivity index (χ3v) is 5.36. The van der Waals surface area contributed by atoms with Gasteiger partial charge < -0.3 is 14.8 Å². The smallest absolute Gasteiger partial charge is 0.283 e. The molecule has 27 heavy (non-hydrogen) atoms. The van der Waals surface area contributed by atoms with Crippen LogP contribution in [0.15, 0.2) is 75.2 Å². The predicted octanol–water partition coefficient (Wildman–Crippen LogP) is 4.20. The molecule has 0 amide bonds. The Morgan fingerprint density at radius 3 is 2.78 bits per heavy atom. The van der Waals surface area contributed by atoms with Gasteiger partial charge in [0.1, 0.15) is 0 Å². The molecule has 0 spiro atoms. The van der Waals surface area contributed by atoms with E-state index in [1.54, 1.807) is 24.4 Å². The molecule has 0 aliphatic carbocycles. The average Bonchev–Trinajstić information content (AvgIpc) is 3.30. The normalized spacial score (nSPS) is 11.1. The van der Waals surface area contributed by atoms with E-state index in [-0.39, 0.29) is 10.6 Å². The number of benzene rings is 2. The average molecular weight is 380 g/mol. The number of nitro groups is 1. The molecule has 7 nitrogen and oxygen atoms in total. The van der Waals surface area contributed by atoms with Crippen molar-refractivity contribution in [3.05, 3.63) is 82.4 Å². The van der Waals surface area contributed by atoms with Crippen molar-refractivity contribution in [1.82, 2.24) is 9.72 Å². The molecule has 0 unspecified atom stereocenters. The lowest BCUT2D eigenvalue weighted by atomic mass is 10.1. The van der Waals surface area contributed by atoms with Crippen molar-refractivity contribution in [1.29, 1.82) is 0 Å². The first-order valence-corrected chi connectivity index (χ1v) is 9.10. The molecule has 8 heteroatoms. The van der Waals surface area contributed by atoms with Gasteiger partial charge in [0, 0.05) is 40.7 Å². The number of nitro benzene ring substituents is 1. The van der Waals surface area contributed by atoms with E-state index in [0.29, 0.717) is 18.0 Å². The Balaban J connectivity index is 1.80. The van der Waals surface area contributed by atoms with Crippen LogP contribution in [-0.2, 0) is 13.1 Å². The number of nitrogens with zero attached hydrogens (tertiary/aromatic N) is 3. The summed E-state index contributed by atoms with van der Waals surface area (Å²) >= 11 is 1.38. The van der Waals surface area contributed by atoms with Crippen molar-refractivity contribution < 1.29 is 9.45 Å². The minimum atomic E-state index is -0.359. The maximum Gasteiger partial charge on any atom is 0.283 e. The summed E-state index contributed by atoms with van der Waals surface area (Å²) in [4.78, 5) is 12.5. The van der Waals surface area contributed by atoms with Crippen molar-refractivity contribution in [2.24, 2.45) is 5.73 Å². The number of rotatable bonds is 6. The second-order valence-electron chi connectivity index (χ2n) is 5.98. The fourth-order valence-electron chi connectivity index (χ4n) is 2.95. The number of nitrogens with two attached hydrogens (primary N) is 1. The van der Waals surface area contributed by atoms with Gasteiger partial charge in [-0.15, -0.1) is 0 Å². The number of aromatic nitrogens is 2. The van der Waals surface area contributed by atoms with E-state index in [0.717, 1.165) is 27.1 Å². The lowest BCUT2D eigenvalue weighted by Gasteiger charge is -2.04. The van der Waals surface area contributed by atoms with E-state index in [9.17, 15) is 10.1 Å². The topological polar surface area (TPSA) is 100 Å². The molecule has 136 valence electrons. The summed E-state index contributed by atoms with van der Waals surface area (Å²) in [5, 5.41) is 16.1. The molecule has 4 aromatic rings. The fourth-order valence-corrected chi connectivity index (χ4v) is 4.04. The van der Waals surface area contributed by atoms with Crippen LogP contribution in [0.4, 0.5) is 5.69 Å². The van der Waals surface area contributed by atoms with E-state index in [2.05, 4.69) is 5.16 Å². The molecular weight excluding hydrogens is 364 g/mol. The minimum absolute atomic E-state index is 0.0946. The van der Waals surface area contributed by atoms with Crippen molar-refractivity contribution in [3.63, 3.8) is 0 Å². The quantitative estimate of drug-likeness (QED) is 0.397. The molecule has 0 fully saturated rings. The van der Waals surface area contributed by atoms with Gasteiger partial charge in [0.25, 0.3) is 5.69 Å². The molecule has 0 saturated heterocycles. The summed E-state index contributed by atoms with van der Waals surface area (Å²) in [6.45, 7) is 0.956. The molecule has 0 aliphatic heterocycles. The van der Waals surface area contributed by atoms with Crippen LogP contribution in [0.25, 0.3) is 10.9 Å². The van der Waals surface area contributed by atoms with Crippen molar-refractivity contribution in [3.8, 4) is 0 Å². The van der Waals surface area contributed by atoms with Gasteiger partial charge in [0.05, 0.1) is 22.6 Å². The Morgan fingerprint density at radius 1 is 1.19 bits per heavy atom. The summed E-state index contributed by atoms with van der Waals surface area (Å²) in [5.41, 5.74) is 7.90. The van der Waals surface area contributed by atoms with Gasteiger partial charge in [-0.25, -0.2) is 0 Å². The molecule has 0 aliphatic rings. The van der Waals surface area contributed by atoms with Gasteiger partial charge in [-0.1, -0.05) is 41.2 Å². The van der Waals surface area contributed by atoms with Crippen LogP contribution in [-0.4, -0.2) is 14.6 Å². The second-order valence-corrected chi connectivity index (χ2v) is 7.07. The van der Waals surface area contributed by atoms with Crippen molar-refractivity contribution in [2.75, 3.05) is 0 Å². The van der Waals surface area contributed by atoms with Crippen LogP contribution in [0.1, 0.15) is 11.3 Å². The van der Waals surface area contributed by atoms with Crippen LogP contribution < -0.4 is 5.73 Å². The molecule has 0 radical (unpaired) electrons. The Morgan fingerprint density at radius 2 is 2.04 bits per heavy atom. The van der Waals surface area contributed by atoms with Crippen LogP contribution in [0.3, 0.4) is 0 Å². The Bertz CT molecular complexity index is 1110. The maximum atomic E-state index is 11.3. The monoisotopic (exact) mass is 380 g/mol. The summed E-state index contributed by atoms with van der Waals surface area (Å²) in [7, 11) is 0. The summed E-state index contributed by atoms with van der Waals surface area (Å²) in [6.07, 6.45) is 3.59. The Kier molecular flexibility index (Phi) is 4.66. The fraction of sp³-hybridized carbons (Fsp3) is 0.105. The third-order valence-electron chi connectivity index (χ3n) is 4.25. The number of hydrogen-bond donors (Lipinski definition) is 1. The largest absolute Gasteiger partial charge is 0.359 e. The van der Waals surface area contributed by atoms with E-state index in [1.807, 2.05) is 35.0 Å². The van der Waals surface area contributed by atoms with Crippen LogP contribution >= 0.6 is 11.8 Å². The van der Waals surface area contributed by atoms with Gasteiger partial charge >= 0.3 is 0 Å². The highest BCUT2D eigenvalue weighted by Crippen LogP contribution is 2.39. The molecule has 0 saturated carbocycles. The van der Waals surface area contributed by atoms with E-state index in [1.165, 1.54) is 17.8 Å². The molecule has 4 rings (SSSR count). The molecule has 2 heterocycles. The molecule has 0 bridgehead atoms. The number of fused-ring (bicyclic) bond motifs is 1. The molecule has 2 N–H and O–H groups in total. The lowest BCUT2D eigenvalue weighted by Crippen LogP contribution is -1.99. The van der Waals surface area contributed by atoms with Crippen LogP contribution in [0.2, 0.25) is 0 Å². The summed E-state index contributed by atoms with van der Waals surface area (Å²) in [5.74, 6) is 0.729. The van der Waals surface area contributed by atoms with Crippen LogP contribution in [0.5, 0.6) is 0 Å². The van der Waals surface area contributed by atoms with Crippen molar-refractivity contribution >= 4 is 28.4 Å². The van der Waals surface area contributed by atoms with E-state index < -0.39 is 0 Å². The summed E-state index contributed by atoms with van der Waals surface area (Å²) < 4.78 is 7.28. The number of para-hydroxylation sites is 1. The molecule has 2 aromatic heterocycles. The van der Waals surface area contributed by atoms with Gasteiger partial charge in [-0.2, -0.15) is 0 Å². The molecule has 0 atom stereocenters. The van der Waals surface area contributed by atoms with E-state index in [4.69, 9.17) is 10.3 Å². The predicted molar refractivity (Wildman–Crippen MR) is 103 cm³/mol. The highest BCUT2D eigenvalue weighted by molar-refractivity contribution is 7.99. The van der Waals surface area contributed by atoms with Gasteiger partial charge in [-0.05, 0) is 17.7 Å². The zero-order valence-corrected chi connectivity index (χ0v) is 15.1. The van der Waals surface area contributed by atoms with Gasteiger partial charge in [0.2, 0.25) is 0 Å². The first-order chi connectivity index (χ1) is 13.2. The standard InChI is InChI=1S/C19H16N4O3S/c20-10-13-5-6-15-17(9-13)22(11-14-7-8-21-26-14)12-19(15)27-18-4-2-1-3-16(18)23(24)25/h1-9,12H,10-11,20H2.